The highest BCUT2D eigenvalue weighted by Gasteiger charge is 2.24. The van der Waals surface area contributed by atoms with E-state index in [4.69, 9.17) is 0 Å². The van der Waals surface area contributed by atoms with Crippen LogP contribution >= 0.6 is 0 Å². The van der Waals surface area contributed by atoms with Crippen LogP contribution < -0.4 is 5.32 Å². The zero-order chi connectivity index (χ0) is 10.4. The number of rotatable bonds is 4. The second kappa shape index (κ2) is 6.05. The summed E-state index contributed by atoms with van der Waals surface area (Å²) >= 11 is 0. The number of carbonyl (C=O) groups excluding carboxylic acids is 1. The molecule has 0 aliphatic heterocycles. The predicted octanol–water partition coefficient (Wildman–Crippen LogP) is 2.73. The van der Waals surface area contributed by atoms with Crippen molar-refractivity contribution in [2.24, 2.45) is 11.8 Å². The van der Waals surface area contributed by atoms with Crippen LogP contribution in [0.1, 0.15) is 51.9 Å². The Morgan fingerprint density at radius 2 is 1.93 bits per heavy atom. The van der Waals surface area contributed by atoms with E-state index in [1.807, 2.05) is 0 Å². The molecule has 1 rings (SSSR count). The Hall–Kier alpha value is -0.530. The Bertz CT molecular complexity index is 171. The molecular formula is C12H23NO. The quantitative estimate of drug-likeness (QED) is 0.737. The lowest BCUT2D eigenvalue weighted by Gasteiger charge is -2.27. The maximum absolute atomic E-state index is 11.4. The number of amides is 1. The molecule has 1 aliphatic rings. The summed E-state index contributed by atoms with van der Waals surface area (Å²) in [6, 6.07) is 0. The minimum atomic E-state index is 0.249. The van der Waals surface area contributed by atoms with Crippen molar-refractivity contribution in [3.63, 3.8) is 0 Å². The number of nitrogens with one attached hydrogen (secondary N) is 1. The van der Waals surface area contributed by atoms with E-state index in [1.165, 1.54) is 32.1 Å². The summed E-state index contributed by atoms with van der Waals surface area (Å²) in [5, 5.41) is 2.75. The lowest BCUT2D eigenvalue weighted by molar-refractivity contribution is -0.125. The molecule has 0 saturated heterocycles. The van der Waals surface area contributed by atoms with Gasteiger partial charge >= 0.3 is 0 Å². The number of hydrogen-bond donors (Lipinski definition) is 1. The topological polar surface area (TPSA) is 29.1 Å². The van der Waals surface area contributed by atoms with Crippen molar-refractivity contribution in [1.82, 2.24) is 5.32 Å². The summed E-state index contributed by atoms with van der Waals surface area (Å²) in [6.07, 6.45) is 8.76. The molecular weight excluding hydrogens is 174 g/mol. The minimum absolute atomic E-state index is 0.249. The third kappa shape index (κ3) is 3.32. The predicted molar refractivity (Wildman–Crippen MR) is 59.0 cm³/mol. The fraction of sp³-hybridized carbons (Fsp3) is 0.917. The lowest BCUT2D eigenvalue weighted by Crippen LogP contribution is -2.30. The van der Waals surface area contributed by atoms with Gasteiger partial charge in [-0.05, 0) is 31.6 Å². The van der Waals surface area contributed by atoms with E-state index in [-0.39, 0.29) is 5.91 Å². The molecule has 1 aliphatic carbocycles. The highest BCUT2D eigenvalue weighted by atomic mass is 16.1. The zero-order valence-electron chi connectivity index (χ0n) is 9.51. The smallest absolute Gasteiger partial charge is 0.222 e. The molecule has 0 spiro atoms. The standard InChI is InChI=1S/C12H23NO/c1-3-4-5-10-6-8-11(9-7-10)12(14)13-2/h10-11H,3-9H2,1-2H3,(H,13,14). The first-order chi connectivity index (χ1) is 6.77. The van der Waals surface area contributed by atoms with Gasteiger partial charge in [0, 0.05) is 13.0 Å². The van der Waals surface area contributed by atoms with Crippen molar-refractivity contribution in [2.45, 2.75) is 51.9 Å². The first kappa shape index (κ1) is 11.5. The van der Waals surface area contributed by atoms with Crippen LogP contribution in [0.3, 0.4) is 0 Å². The van der Waals surface area contributed by atoms with Gasteiger partial charge in [-0.3, -0.25) is 4.79 Å². The Morgan fingerprint density at radius 3 is 2.43 bits per heavy atom. The van der Waals surface area contributed by atoms with Crippen LogP contribution in [0.2, 0.25) is 0 Å². The maximum Gasteiger partial charge on any atom is 0.222 e. The molecule has 1 amide bonds. The van der Waals surface area contributed by atoms with E-state index in [2.05, 4.69) is 12.2 Å². The molecule has 0 aromatic heterocycles. The second-order valence-electron chi connectivity index (χ2n) is 4.47. The molecule has 0 unspecified atom stereocenters. The van der Waals surface area contributed by atoms with Crippen molar-refractivity contribution in [1.29, 1.82) is 0 Å². The molecule has 0 radical (unpaired) electrons. The van der Waals surface area contributed by atoms with Gasteiger partial charge in [-0.15, -0.1) is 0 Å². The number of carbonyl (C=O) groups is 1. The highest BCUT2D eigenvalue weighted by molar-refractivity contribution is 5.78. The van der Waals surface area contributed by atoms with Gasteiger partial charge in [-0.1, -0.05) is 26.2 Å². The van der Waals surface area contributed by atoms with E-state index < -0.39 is 0 Å². The molecule has 0 aromatic rings. The summed E-state index contributed by atoms with van der Waals surface area (Å²) in [6.45, 7) is 2.25. The molecule has 0 bridgehead atoms. The summed E-state index contributed by atoms with van der Waals surface area (Å²) in [5.41, 5.74) is 0. The fourth-order valence-corrected chi connectivity index (χ4v) is 2.41. The molecule has 2 heteroatoms. The summed E-state index contributed by atoms with van der Waals surface area (Å²) in [4.78, 5) is 11.4. The molecule has 1 saturated carbocycles. The minimum Gasteiger partial charge on any atom is -0.359 e. The van der Waals surface area contributed by atoms with Crippen LogP contribution in [-0.2, 0) is 4.79 Å². The number of unbranched alkanes of at least 4 members (excludes halogenated alkanes) is 1. The zero-order valence-corrected chi connectivity index (χ0v) is 9.51. The molecule has 0 heterocycles. The summed E-state index contributed by atoms with van der Waals surface area (Å²) in [5.74, 6) is 1.45. The molecule has 0 atom stereocenters. The Morgan fingerprint density at radius 1 is 1.29 bits per heavy atom. The molecule has 1 fully saturated rings. The average molecular weight is 197 g/mol. The molecule has 14 heavy (non-hydrogen) atoms. The van der Waals surface area contributed by atoms with Gasteiger partial charge in [0.2, 0.25) is 5.91 Å². The third-order valence-corrected chi connectivity index (χ3v) is 3.43. The fourth-order valence-electron chi connectivity index (χ4n) is 2.41. The SMILES string of the molecule is CCCCC1CCC(C(=O)NC)CC1. The molecule has 2 nitrogen and oxygen atoms in total. The molecule has 0 aromatic carbocycles. The molecule has 82 valence electrons. The van der Waals surface area contributed by atoms with Crippen LogP contribution in [0.5, 0.6) is 0 Å². The lowest BCUT2D eigenvalue weighted by atomic mass is 9.79. The monoisotopic (exact) mass is 197 g/mol. The van der Waals surface area contributed by atoms with E-state index in [0.717, 1.165) is 18.8 Å². The van der Waals surface area contributed by atoms with Crippen LogP contribution in [-0.4, -0.2) is 13.0 Å². The highest BCUT2D eigenvalue weighted by Crippen LogP contribution is 2.31. The van der Waals surface area contributed by atoms with Crippen molar-refractivity contribution in [3.05, 3.63) is 0 Å². The Labute approximate surface area is 87.5 Å². The van der Waals surface area contributed by atoms with Gasteiger partial charge in [0.1, 0.15) is 0 Å². The van der Waals surface area contributed by atoms with Gasteiger partial charge in [0.15, 0.2) is 0 Å². The van der Waals surface area contributed by atoms with Crippen molar-refractivity contribution < 1.29 is 4.79 Å². The van der Waals surface area contributed by atoms with Crippen molar-refractivity contribution in [3.8, 4) is 0 Å². The van der Waals surface area contributed by atoms with Gasteiger partial charge in [-0.25, -0.2) is 0 Å². The van der Waals surface area contributed by atoms with Crippen LogP contribution in [0, 0.1) is 11.8 Å². The van der Waals surface area contributed by atoms with Gasteiger partial charge in [0.05, 0.1) is 0 Å². The van der Waals surface area contributed by atoms with E-state index in [9.17, 15) is 4.79 Å². The van der Waals surface area contributed by atoms with E-state index >= 15 is 0 Å². The van der Waals surface area contributed by atoms with Gasteiger partial charge in [0.25, 0.3) is 0 Å². The van der Waals surface area contributed by atoms with Gasteiger partial charge < -0.3 is 5.32 Å². The van der Waals surface area contributed by atoms with Gasteiger partial charge in [-0.2, -0.15) is 0 Å². The normalized spacial score (nSPS) is 27.3. The van der Waals surface area contributed by atoms with Crippen LogP contribution in [0.15, 0.2) is 0 Å². The first-order valence-corrected chi connectivity index (χ1v) is 5.99. The summed E-state index contributed by atoms with van der Waals surface area (Å²) in [7, 11) is 1.74. The second-order valence-corrected chi connectivity index (χ2v) is 4.47. The van der Waals surface area contributed by atoms with Crippen molar-refractivity contribution in [2.75, 3.05) is 7.05 Å². The van der Waals surface area contributed by atoms with Crippen LogP contribution in [0.25, 0.3) is 0 Å². The third-order valence-electron chi connectivity index (χ3n) is 3.43. The largest absolute Gasteiger partial charge is 0.359 e. The van der Waals surface area contributed by atoms with E-state index in [0.29, 0.717) is 5.92 Å². The number of hydrogen-bond acceptors (Lipinski definition) is 1. The average Bonchev–Trinajstić information content (AvgIpc) is 2.26. The first-order valence-electron chi connectivity index (χ1n) is 5.99. The molecule has 1 N–H and O–H groups in total. The van der Waals surface area contributed by atoms with E-state index in [1.54, 1.807) is 7.05 Å². The maximum atomic E-state index is 11.4. The summed E-state index contributed by atoms with van der Waals surface area (Å²) < 4.78 is 0. The Balaban J connectivity index is 2.20. The Kier molecular flexibility index (Phi) is 4.99. The van der Waals surface area contributed by atoms with Crippen LogP contribution in [0.4, 0.5) is 0 Å². The van der Waals surface area contributed by atoms with Crippen molar-refractivity contribution >= 4 is 5.91 Å².